The first-order valence-electron chi connectivity index (χ1n) is 7.22. The Balaban J connectivity index is 1.96. The molecule has 0 N–H and O–H groups in total. The number of likely N-dealkylation sites (N-methyl/N-ethyl adjacent to an activating group) is 1. The van der Waals surface area contributed by atoms with Crippen molar-refractivity contribution in [3.63, 3.8) is 0 Å². The van der Waals surface area contributed by atoms with Crippen LogP contribution in [-0.2, 0) is 14.3 Å². The summed E-state index contributed by atoms with van der Waals surface area (Å²) in [7, 11) is 1.46. The van der Waals surface area contributed by atoms with Gasteiger partial charge in [-0.25, -0.2) is 0 Å². The van der Waals surface area contributed by atoms with E-state index in [2.05, 4.69) is 11.8 Å². The number of esters is 1. The van der Waals surface area contributed by atoms with Gasteiger partial charge in [-0.15, -0.1) is 0 Å². The van der Waals surface area contributed by atoms with Gasteiger partial charge in [0, 0.05) is 12.6 Å². The van der Waals surface area contributed by atoms with Gasteiger partial charge in [0.25, 0.3) is 0 Å². The van der Waals surface area contributed by atoms with Gasteiger partial charge in [0.15, 0.2) is 0 Å². The normalized spacial score (nSPS) is 26.6. The lowest BCUT2D eigenvalue weighted by atomic mass is 9.85. The minimum absolute atomic E-state index is 0.0811. The molecule has 1 atom stereocenters. The highest BCUT2D eigenvalue weighted by molar-refractivity contribution is 7.99. The zero-order valence-electron chi connectivity index (χ0n) is 12.0. The van der Waals surface area contributed by atoms with E-state index in [0.717, 1.165) is 38.8 Å². The predicted octanol–water partition coefficient (Wildman–Crippen LogP) is 1.93. The van der Waals surface area contributed by atoms with E-state index in [-0.39, 0.29) is 11.6 Å². The molecule has 0 bridgehead atoms. The number of carbonyl (C=O) groups is 1. The van der Waals surface area contributed by atoms with Crippen LogP contribution in [0.25, 0.3) is 0 Å². The summed E-state index contributed by atoms with van der Waals surface area (Å²) in [5, 5.41) is 0. The van der Waals surface area contributed by atoms with Crippen molar-refractivity contribution >= 4 is 17.7 Å². The second-order valence-corrected chi connectivity index (χ2v) is 6.65. The molecular formula is C14H25NO3S. The smallest absolute Gasteiger partial charge is 0.319 e. The monoisotopic (exact) mass is 287 g/mol. The average molecular weight is 287 g/mol. The summed E-state index contributed by atoms with van der Waals surface area (Å²) in [6, 6.07) is 0.459. The fourth-order valence-electron chi connectivity index (χ4n) is 3.13. The van der Waals surface area contributed by atoms with Gasteiger partial charge in [-0.3, -0.25) is 9.69 Å². The Morgan fingerprint density at radius 2 is 2.21 bits per heavy atom. The maximum atomic E-state index is 11.5. The number of hydrogen-bond donors (Lipinski definition) is 0. The molecule has 1 spiro atoms. The molecule has 0 aromatic heterocycles. The van der Waals surface area contributed by atoms with Gasteiger partial charge < -0.3 is 9.47 Å². The number of thioether (sulfide) groups is 1. The summed E-state index contributed by atoms with van der Waals surface area (Å²) < 4.78 is 10.9. The molecule has 19 heavy (non-hydrogen) atoms. The van der Waals surface area contributed by atoms with Crippen LogP contribution >= 0.6 is 11.8 Å². The van der Waals surface area contributed by atoms with Crippen LogP contribution in [0.4, 0.5) is 0 Å². The predicted molar refractivity (Wildman–Crippen MR) is 77.5 cm³/mol. The quantitative estimate of drug-likeness (QED) is 0.739. The van der Waals surface area contributed by atoms with Crippen molar-refractivity contribution in [2.45, 2.75) is 44.2 Å². The van der Waals surface area contributed by atoms with Crippen LogP contribution in [0.15, 0.2) is 0 Å². The van der Waals surface area contributed by atoms with Gasteiger partial charge >= 0.3 is 5.97 Å². The Bertz CT molecular complexity index is 300. The molecule has 4 nitrogen and oxygen atoms in total. The Hall–Kier alpha value is -0.260. The lowest BCUT2D eigenvalue weighted by Gasteiger charge is -2.46. The van der Waals surface area contributed by atoms with Gasteiger partial charge in [-0.05, 0) is 43.7 Å². The van der Waals surface area contributed by atoms with Crippen molar-refractivity contribution in [3.8, 4) is 0 Å². The molecule has 2 aliphatic rings. The summed E-state index contributed by atoms with van der Waals surface area (Å²) >= 11 is 2.02. The molecule has 2 fully saturated rings. The molecule has 2 aliphatic heterocycles. The zero-order chi connectivity index (χ0) is 13.7. The van der Waals surface area contributed by atoms with Crippen LogP contribution < -0.4 is 0 Å². The first kappa shape index (κ1) is 15.1. The van der Waals surface area contributed by atoms with Crippen LogP contribution in [0.5, 0.6) is 0 Å². The van der Waals surface area contributed by atoms with Crippen LogP contribution in [0.3, 0.4) is 0 Å². The summed E-state index contributed by atoms with van der Waals surface area (Å²) in [4.78, 5) is 13.7. The Morgan fingerprint density at radius 1 is 1.47 bits per heavy atom. The molecule has 0 aromatic carbocycles. The molecule has 2 rings (SSSR count). The van der Waals surface area contributed by atoms with Crippen molar-refractivity contribution in [1.29, 1.82) is 0 Å². The molecular weight excluding hydrogens is 262 g/mol. The van der Waals surface area contributed by atoms with Crippen LogP contribution in [0, 0.1) is 0 Å². The van der Waals surface area contributed by atoms with Crippen molar-refractivity contribution in [2.24, 2.45) is 0 Å². The SMILES string of the molecule is CCN(CC(=O)OC)C1CCOC2(CCSCC2)C1. The Morgan fingerprint density at radius 3 is 2.84 bits per heavy atom. The lowest BCUT2D eigenvalue weighted by molar-refractivity contribution is -0.146. The lowest BCUT2D eigenvalue weighted by Crippen LogP contribution is -2.51. The van der Waals surface area contributed by atoms with Gasteiger partial charge in [0.1, 0.15) is 0 Å². The van der Waals surface area contributed by atoms with E-state index < -0.39 is 0 Å². The summed E-state index contributed by atoms with van der Waals surface area (Å²) in [6.07, 6.45) is 4.41. The molecule has 1 unspecified atom stereocenters. The number of methoxy groups -OCH3 is 1. The van der Waals surface area contributed by atoms with E-state index in [9.17, 15) is 4.79 Å². The molecule has 0 radical (unpaired) electrons. The number of ether oxygens (including phenoxy) is 2. The maximum absolute atomic E-state index is 11.5. The van der Waals surface area contributed by atoms with Gasteiger partial charge in [-0.1, -0.05) is 6.92 Å². The minimum Gasteiger partial charge on any atom is -0.468 e. The minimum atomic E-state index is -0.137. The number of hydrogen-bond acceptors (Lipinski definition) is 5. The highest BCUT2D eigenvalue weighted by atomic mass is 32.2. The summed E-state index contributed by atoms with van der Waals surface area (Å²) in [6.45, 7) is 4.24. The third kappa shape index (κ3) is 3.86. The first-order chi connectivity index (χ1) is 9.19. The summed E-state index contributed by atoms with van der Waals surface area (Å²) in [5.41, 5.74) is 0.0811. The zero-order valence-corrected chi connectivity index (χ0v) is 12.8. The highest BCUT2D eigenvalue weighted by Crippen LogP contribution is 2.38. The maximum Gasteiger partial charge on any atom is 0.319 e. The van der Waals surface area contributed by atoms with E-state index in [1.807, 2.05) is 11.8 Å². The van der Waals surface area contributed by atoms with Gasteiger partial charge in [0.2, 0.25) is 0 Å². The van der Waals surface area contributed by atoms with E-state index in [4.69, 9.17) is 9.47 Å². The van der Waals surface area contributed by atoms with Crippen molar-refractivity contribution in [3.05, 3.63) is 0 Å². The van der Waals surface area contributed by atoms with E-state index in [1.54, 1.807) is 0 Å². The van der Waals surface area contributed by atoms with E-state index >= 15 is 0 Å². The summed E-state index contributed by atoms with van der Waals surface area (Å²) in [5.74, 6) is 2.27. The highest BCUT2D eigenvalue weighted by Gasteiger charge is 2.40. The molecule has 2 saturated heterocycles. The second-order valence-electron chi connectivity index (χ2n) is 5.43. The number of nitrogens with zero attached hydrogens (tertiary/aromatic N) is 1. The van der Waals surface area contributed by atoms with E-state index in [0.29, 0.717) is 12.6 Å². The third-order valence-corrected chi connectivity index (χ3v) is 5.34. The first-order valence-corrected chi connectivity index (χ1v) is 8.37. The molecule has 0 aromatic rings. The molecule has 0 aliphatic carbocycles. The fraction of sp³-hybridized carbons (Fsp3) is 0.929. The molecule has 2 heterocycles. The van der Waals surface area contributed by atoms with Crippen molar-refractivity contribution in [1.82, 2.24) is 4.90 Å². The molecule has 0 saturated carbocycles. The van der Waals surface area contributed by atoms with Crippen molar-refractivity contribution in [2.75, 3.05) is 38.3 Å². The largest absolute Gasteiger partial charge is 0.468 e. The molecule has 5 heteroatoms. The van der Waals surface area contributed by atoms with Crippen LogP contribution in [0.2, 0.25) is 0 Å². The Labute approximate surface area is 120 Å². The topological polar surface area (TPSA) is 38.8 Å². The van der Waals surface area contributed by atoms with Gasteiger partial charge in [-0.2, -0.15) is 11.8 Å². The van der Waals surface area contributed by atoms with E-state index in [1.165, 1.54) is 18.6 Å². The average Bonchev–Trinajstić information content (AvgIpc) is 2.45. The number of carbonyl (C=O) groups excluding carboxylic acids is 1. The van der Waals surface area contributed by atoms with Crippen LogP contribution in [-0.4, -0.2) is 60.8 Å². The van der Waals surface area contributed by atoms with Gasteiger partial charge in [0.05, 0.1) is 19.3 Å². The second kappa shape index (κ2) is 6.95. The Kier molecular flexibility index (Phi) is 5.54. The standard InChI is InChI=1S/C14H25NO3S/c1-3-15(11-13(16)17-2)12-4-7-18-14(10-12)5-8-19-9-6-14/h12H,3-11H2,1-2H3. The number of rotatable bonds is 4. The molecule has 0 amide bonds. The molecule has 110 valence electrons. The fourth-order valence-corrected chi connectivity index (χ4v) is 4.37. The van der Waals surface area contributed by atoms with Crippen molar-refractivity contribution < 1.29 is 14.3 Å². The third-order valence-electron chi connectivity index (χ3n) is 4.35. The van der Waals surface area contributed by atoms with Crippen LogP contribution in [0.1, 0.15) is 32.6 Å².